The van der Waals surface area contributed by atoms with Gasteiger partial charge in [0.15, 0.2) is 16.5 Å². The van der Waals surface area contributed by atoms with E-state index >= 15 is 0 Å². The van der Waals surface area contributed by atoms with Crippen LogP contribution < -0.4 is 0 Å². The van der Waals surface area contributed by atoms with Crippen molar-refractivity contribution < 1.29 is 100 Å². The van der Waals surface area contributed by atoms with E-state index in [0.29, 0.717) is 25.7 Å². The van der Waals surface area contributed by atoms with Gasteiger partial charge < -0.3 is 39.4 Å². The molecule has 0 aliphatic rings. The summed E-state index contributed by atoms with van der Waals surface area (Å²) in [6.07, 6.45) is 7.96. The molecule has 0 aromatic heterocycles. The first kappa shape index (κ1) is 65.6. The topological polar surface area (TPSA) is 343 Å². The van der Waals surface area contributed by atoms with E-state index < -0.39 is 118 Å². The molecule has 0 amide bonds. The van der Waals surface area contributed by atoms with Crippen LogP contribution in [0.1, 0.15) is 174 Å². The second-order valence-electron chi connectivity index (χ2n) is 15.1. The molecule has 64 heavy (non-hydrogen) atoms. The Hall–Kier alpha value is -2.67. The number of carboxylic acids is 2. The fourth-order valence-electron chi connectivity index (χ4n) is 5.85. The Morgan fingerprint density at radius 3 is 0.984 bits per heavy atom. The van der Waals surface area contributed by atoms with Gasteiger partial charge in [0, 0.05) is 12.8 Å². The van der Waals surface area contributed by atoms with Crippen LogP contribution in [-0.2, 0) is 77.0 Å². The number of aliphatic hydroxyl groups is 2. The number of rotatable bonds is 34. The number of ether oxygens (including phenoxy) is 4. The molecule has 0 rings (SSSR count). The van der Waals surface area contributed by atoms with Gasteiger partial charge in [-0.1, -0.05) is 117 Å². The van der Waals surface area contributed by atoms with Gasteiger partial charge in [0.1, 0.15) is 0 Å². The maximum absolute atomic E-state index is 12.5. The Bertz CT molecular complexity index is 1650. The van der Waals surface area contributed by atoms with Gasteiger partial charge in [0.05, 0.1) is 32.1 Å². The van der Waals surface area contributed by atoms with E-state index in [4.69, 9.17) is 0 Å². The number of carboxylic acid groups (broad SMARTS) is 2. The Balaban J connectivity index is -0.0000186. The zero-order chi connectivity index (χ0) is 47.4. The predicted molar refractivity (Wildman–Crippen MR) is 226 cm³/mol. The zero-order valence-electron chi connectivity index (χ0n) is 35.4. The van der Waals surface area contributed by atoms with Crippen LogP contribution in [0.3, 0.4) is 0 Å². The minimum absolute atomic E-state index is 0. The van der Waals surface area contributed by atoms with Crippen molar-refractivity contribution in [1.82, 2.24) is 0 Å². The summed E-state index contributed by atoms with van der Waals surface area (Å²) in [6, 6.07) is 0. The average molecular weight is 959 g/mol. The van der Waals surface area contributed by atoms with Crippen LogP contribution >= 0.6 is 0 Å². The van der Waals surface area contributed by atoms with E-state index in [1.165, 1.54) is 0 Å². The molecule has 3 atom stereocenters. The van der Waals surface area contributed by atoms with Gasteiger partial charge in [0.25, 0.3) is 10.1 Å². The SMILES string of the molecule is CCCCCCCCCCCC(=O)OC(=O)CC(O)(CC(=O)OC(=O)CC(C(=O)OC(=O)CC(O)(CC(=O)OC(=O)CCCCCCCCCCC)C(=O)O)S(=O)(=O)O)C(=O)O.[NaH].[NaH]. The average Bonchev–Trinajstić information content (AvgIpc) is 3.14. The molecule has 0 aromatic carbocycles. The standard InChI is InChI=1S/C40H62O21S.2Na.2H/c1-3-5-7-9-11-13-15-17-19-21-29(41)58-32(44)24-39(53,37(49)50)26-34(46)60-31(43)23-28(62(55,56)57)36(48)61-35(47)27-40(54,38(51)52)25-33(45)59-30(42)22-20-18-16-14-12-10-8-6-4-2;;;;/h28,53-54H,3-27H2,1-2H3,(H,49,50)(H,51,52)(H,55,56,57);;;;. The third-order valence-electron chi connectivity index (χ3n) is 9.38. The molecule has 0 fully saturated rings. The Morgan fingerprint density at radius 2 is 0.703 bits per heavy atom. The second-order valence-corrected chi connectivity index (χ2v) is 16.7. The number of aliphatic carboxylic acids is 2. The number of hydrogen-bond acceptors (Lipinski definition) is 18. The third-order valence-corrected chi connectivity index (χ3v) is 10.5. The van der Waals surface area contributed by atoms with Crippen LogP contribution in [0.4, 0.5) is 0 Å². The molecule has 0 saturated heterocycles. The van der Waals surface area contributed by atoms with E-state index in [1.54, 1.807) is 0 Å². The van der Waals surface area contributed by atoms with Crippen LogP contribution in [-0.4, -0.2) is 169 Å². The first-order valence-electron chi connectivity index (χ1n) is 20.8. The van der Waals surface area contributed by atoms with E-state index in [1.807, 2.05) is 0 Å². The number of carbonyl (C=O) groups excluding carboxylic acids is 8. The van der Waals surface area contributed by atoms with E-state index in [0.717, 1.165) is 89.9 Å². The van der Waals surface area contributed by atoms with Gasteiger partial charge in [0.2, 0.25) is 0 Å². The molecule has 0 saturated carbocycles. The van der Waals surface area contributed by atoms with Crippen LogP contribution in [0.5, 0.6) is 0 Å². The van der Waals surface area contributed by atoms with Crippen molar-refractivity contribution in [2.45, 2.75) is 191 Å². The molecule has 0 heterocycles. The van der Waals surface area contributed by atoms with Crippen LogP contribution in [0.15, 0.2) is 0 Å². The number of hydrogen-bond donors (Lipinski definition) is 5. The van der Waals surface area contributed by atoms with E-state index in [9.17, 15) is 81.3 Å². The number of unbranched alkanes of at least 4 members (excludes halogenated alkanes) is 16. The fourth-order valence-corrected chi connectivity index (χ4v) is 6.49. The molecule has 358 valence electrons. The third kappa shape index (κ3) is 30.5. The van der Waals surface area contributed by atoms with Gasteiger partial charge in [-0.25, -0.2) is 9.59 Å². The Morgan fingerprint density at radius 1 is 0.438 bits per heavy atom. The predicted octanol–water partition coefficient (Wildman–Crippen LogP) is 2.65. The van der Waals surface area contributed by atoms with E-state index in [2.05, 4.69) is 32.8 Å². The normalized spacial score (nSPS) is 13.3. The minimum atomic E-state index is -5.71. The fraction of sp³-hybridized carbons (Fsp3) is 0.750. The molecule has 21 nitrogen and oxygen atoms in total. The van der Waals surface area contributed by atoms with Gasteiger partial charge in [-0.05, 0) is 12.8 Å². The van der Waals surface area contributed by atoms with Crippen molar-refractivity contribution in [1.29, 1.82) is 0 Å². The maximum atomic E-state index is 12.5. The summed E-state index contributed by atoms with van der Waals surface area (Å²) in [6.45, 7) is 4.21. The summed E-state index contributed by atoms with van der Waals surface area (Å²) in [4.78, 5) is 122. The van der Waals surface area contributed by atoms with Gasteiger partial charge in [-0.2, -0.15) is 8.42 Å². The van der Waals surface area contributed by atoms with Crippen molar-refractivity contribution in [3.8, 4) is 0 Å². The molecule has 0 aliphatic carbocycles. The van der Waals surface area contributed by atoms with Crippen LogP contribution in [0.2, 0.25) is 0 Å². The summed E-state index contributed by atoms with van der Waals surface area (Å²) in [5.41, 5.74) is -6.70. The van der Waals surface area contributed by atoms with Crippen molar-refractivity contribution >= 4 is 129 Å². The van der Waals surface area contributed by atoms with Crippen molar-refractivity contribution in [2.24, 2.45) is 0 Å². The Labute approximate surface area is 417 Å². The molecule has 0 aliphatic heterocycles. The first-order valence-corrected chi connectivity index (χ1v) is 22.3. The zero-order valence-corrected chi connectivity index (χ0v) is 36.2. The summed E-state index contributed by atoms with van der Waals surface area (Å²) < 4.78 is 50.7. The number of esters is 8. The molecule has 0 radical (unpaired) electrons. The van der Waals surface area contributed by atoms with Crippen molar-refractivity contribution in [3.63, 3.8) is 0 Å². The van der Waals surface area contributed by atoms with Gasteiger partial charge in [-0.3, -0.25) is 42.9 Å². The summed E-state index contributed by atoms with van der Waals surface area (Å²) in [5, 5.41) is 36.7. The van der Waals surface area contributed by atoms with Gasteiger partial charge >= 0.3 is 119 Å². The summed E-state index contributed by atoms with van der Waals surface area (Å²) in [7, 11) is -5.71. The Kier molecular flexibility index (Phi) is 36.4. The van der Waals surface area contributed by atoms with E-state index in [-0.39, 0.29) is 72.0 Å². The van der Waals surface area contributed by atoms with Crippen molar-refractivity contribution in [3.05, 3.63) is 0 Å². The van der Waals surface area contributed by atoms with Crippen LogP contribution in [0, 0.1) is 0 Å². The molecule has 5 N–H and O–H groups in total. The molecular formula is C40H64Na2O21S. The second kappa shape index (κ2) is 35.5. The molecule has 0 spiro atoms. The van der Waals surface area contributed by atoms with Crippen molar-refractivity contribution in [2.75, 3.05) is 0 Å². The monoisotopic (exact) mass is 958 g/mol. The van der Waals surface area contributed by atoms with Gasteiger partial charge in [-0.15, -0.1) is 0 Å². The summed E-state index contributed by atoms with van der Waals surface area (Å²) >= 11 is 0. The molecular weight excluding hydrogens is 894 g/mol. The molecule has 0 aromatic rings. The molecule has 3 unspecified atom stereocenters. The number of carbonyl (C=O) groups is 10. The first-order chi connectivity index (χ1) is 29.0. The summed E-state index contributed by atoms with van der Waals surface area (Å²) in [5.74, 6) is -17.9. The molecule has 24 heteroatoms. The molecule has 0 bridgehead atoms. The van der Waals surface area contributed by atoms with Crippen LogP contribution in [0.25, 0.3) is 0 Å². The quantitative estimate of drug-likeness (QED) is 0.0154.